The van der Waals surface area contributed by atoms with Gasteiger partial charge in [0, 0.05) is 43.3 Å². The molecule has 1 aromatic carbocycles. The van der Waals surface area contributed by atoms with Gasteiger partial charge in [-0.05, 0) is 49.3 Å². The highest BCUT2D eigenvalue weighted by Gasteiger charge is 2.43. The van der Waals surface area contributed by atoms with Crippen LogP contribution in [0.25, 0.3) is 10.9 Å². The predicted octanol–water partition coefficient (Wildman–Crippen LogP) is 2.38. The second-order valence-electron chi connectivity index (χ2n) is 8.33. The third-order valence-corrected chi connectivity index (χ3v) is 7.26. The summed E-state index contributed by atoms with van der Waals surface area (Å²) in [6.45, 7) is 0.0672. The molecular weight excluding hydrogens is 433 g/mol. The van der Waals surface area contributed by atoms with Crippen molar-refractivity contribution < 1.29 is 26.4 Å². The zero-order valence-electron chi connectivity index (χ0n) is 16.8. The van der Waals surface area contributed by atoms with Gasteiger partial charge in [-0.2, -0.15) is 13.2 Å². The number of fused-ring (bicyclic) bond motifs is 1. The Labute approximate surface area is 178 Å². The van der Waals surface area contributed by atoms with Gasteiger partial charge in [0.05, 0.1) is 4.90 Å². The van der Waals surface area contributed by atoms with E-state index in [0.717, 1.165) is 10.9 Å². The Morgan fingerprint density at radius 3 is 2.48 bits per heavy atom. The molecule has 2 heterocycles. The summed E-state index contributed by atoms with van der Waals surface area (Å²) in [5.74, 6) is -0.492. The summed E-state index contributed by atoms with van der Waals surface area (Å²) >= 11 is 0. The molecule has 1 aliphatic heterocycles. The fraction of sp³-hybridized carbons (Fsp3) is 0.550. The molecular formula is C20H25F3N4O3S. The first-order chi connectivity index (χ1) is 14.5. The van der Waals surface area contributed by atoms with Crippen molar-refractivity contribution in [2.75, 3.05) is 19.6 Å². The highest BCUT2D eigenvalue weighted by molar-refractivity contribution is 7.89. The molecule has 7 nitrogen and oxygen atoms in total. The predicted molar refractivity (Wildman–Crippen MR) is 109 cm³/mol. The number of carbonyl (C=O) groups excluding carboxylic acids is 1. The van der Waals surface area contributed by atoms with Gasteiger partial charge in [0.1, 0.15) is 6.04 Å². The van der Waals surface area contributed by atoms with Crippen molar-refractivity contribution in [3.8, 4) is 0 Å². The maximum absolute atomic E-state index is 13.0. The molecule has 1 saturated carbocycles. The summed E-state index contributed by atoms with van der Waals surface area (Å²) in [5.41, 5.74) is 0.761. The molecule has 1 atom stereocenters. The number of sulfonamides is 1. The first-order valence-corrected chi connectivity index (χ1v) is 11.8. The van der Waals surface area contributed by atoms with Crippen molar-refractivity contribution >= 4 is 26.8 Å². The van der Waals surface area contributed by atoms with Gasteiger partial charge in [0.25, 0.3) is 0 Å². The number of hydrogen-bond acceptors (Lipinski definition) is 4. The molecule has 2 aliphatic rings. The number of carbonyl (C=O) groups is 1. The summed E-state index contributed by atoms with van der Waals surface area (Å²) in [6, 6.07) is 5.04. The van der Waals surface area contributed by atoms with Crippen LogP contribution in [-0.2, 0) is 14.8 Å². The summed E-state index contributed by atoms with van der Waals surface area (Å²) in [5, 5.41) is 8.57. The number of rotatable bonds is 3. The minimum Gasteiger partial charge on any atom is -0.344 e. The fourth-order valence-corrected chi connectivity index (χ4v) is 5.19. The first kappa shape index (κ1) is 22.1. The van der Waals surface area contributed by atoms with Crippen molar-refractivity contribution in [1.29, 1.82) is 0 Å². The van der Waals surface area contributed by atoms with E-state index in [-0.39, 0.29) is 42.4 Å². The molecule has 0 bridgehead atoms. The van der Waals surface area contributed by atoms with E-state index < -0.39 is 22.2 Å². The molecule has 11 heteroatoms. The number of piperazine rings is 1. The number of nitrogens with zero attached hydrogens (tertiary/aromatic N) is 2. The van der Waals surface area contributed by atoms with Crippen molar-refractivity contribution in [1.82, 2.24) is 14.8 Å². The first-order valence-electron chi connectivity index (χ1n) is 10.3. The summed E-state index contributed by atoms with van der Waals surface area (Å²) in [7, 11) is -3.82. The molecule has 2 fully saturated rings. The topological polar surface area (TPSA) is 97.4 Å². The van der Waals surface area contributed by atoms with Gasteiger partial charge in [-0.1, -0.05) is 6.07 Å². The lowest BCUT2D eigenvalue weighted by Gasteiger charge is -2.38. The molecule has 2 aromatic rings. The Morgan fingerprint density at radius 2 is 1.84 bits per heavy atom. The molecule has 1 unspecified atom stereocenters. The molecule has 0 spiro atoms. The number of nitrogens with one attached hydrogen (secondary N) is 1. The second-order valence-corrected chi connectivity index (χ2v) is 9.89. The van der Waals surface area contributed by atoms with Crippen LogP contribution >= 0.6 is 0 Å². The number of benzene rings is 1. The molecule has 1 aliphatic carbocycles. The van der Waals surface area contributed by atoms with E-state index in [2.05, 4.69) is 5.32 Å². The number of halogens is 3. The van der Waals surface area contributed by atoms with Crippen molar-refractivity contribution in [2.24, 2.45) is 11.1 Å². The lowest BCUT2D eigenvalue weighted by molar-refractivity contribution is -0.169. The van der Waals surface area contributed by atoms with Gasteiger partial charge >= 0.3 is 6.18 Å². The third kappa shape index (κ3) is 4.58. The van der Waals surface area contributed by atoms with Gasteiger partial charge < -0.3 is 14.8 Å². The second kappa shape index (κ2) is 8.10. The van der Waals surface area contributed by atoms with Crippen LogP contribution in [0.2, 0.25) is 0 Å². The van der Waals surface area contributed by atoms with Crippen molar-refractivity contribution in [2.45, 2.75) is 48.8 Å². The quantitative estimate of drug-likeness (QED) is 0.738. The molecule has 3 N–H and O–H groups in total. The molecule has 170 valence electrons. The third-order valence-electron chi connectivity index (χ3n) is 6.34. The lowest BCUT2D eigenvalue weighted by atomic mass is 9.84. The van der Waals surface area contributed by atoms with Crippen LogP contribution < -0.4 is 10.5 Å². The molecule has 1 aromatic heterocycles. The van der Waals surface area contributed by atoms with Crippen LogP contribution in [0.15, 0.2) is 35.4 Å². The van der Waals surface area contributed by atoms with Crippen LogP contribution in [0.3, 0.4) is 0 Å². The number of primary sulfonamides is 1. The summed E-state index contributed by atoms with van der Waals surface area (Å²) < 4.78 is 64.4. The lowest BCUT2D eigenvalue weighted by Crippen LogP contribution is -2.59. The van der Waals surface area contributed by atoms with Gasteiger partial charge in [-0.3, -0.25) is 4.79 Å². The van der Waals surface area contributed by atoms with Crippen molar-refractivity contribution in [3.63, 3.8) is 0 Å². The summed E-state index contributed by atoms with van der Waals surface area (Å²) in [6.07, 6.45) is 0.0665. The Bertz CT molecular complexity index is 1080. The summed E-state index contributed by atoms with van der Waals surface area (Å²) in [4.78, 5) is 14.2. The highest BCUT2D eigenvalue weighted by Crippen LogP contribution is 2.36. The average Bonchev–Trinajstić information content (AvgIpc) is 3.15. The zero-order chi connectivity index (χ0) is 22.4. The Balaban J connectivity index is 1.44. The average molecular weight is 459 g/mol. The molecule has 1 saturated heterocycles. The minimum absolute atomic E-state index is 0.0433. The number of alkyl halides is 3. The molecule has 0 radical (unpaired) electrons. The van der Waals surface area contributed by atoms with E-state index in [1.807, 2.05) is 16.8 Å². The van der Waals surface area contributed by atoms with Crippen LogP contribution in [0, 0.1) is 5.92 Å². The largest absolute Gasteiger partial charge is 0.405 e. The van der Waals surface area contributed by atoms with E-state index in [0.29, 0.717) is 25.7 Å². The zero-order valence-corrected chi connectivity index (χ0v) is 17.6. The highest BCUT2D eigenvalue weighted by atomic mass is 32.2. The minimum atomic E-state index is -4.37. The van der Waals surface area contributed by atoms with Gasteiger partial charge in [-0.25, -0.2) is 13.6 Å². The molecule has 31 heavy (non-hydrogen) atoms. The maximum atomic E-state index is 13.0. The van der Waals surface area contributed by atoms with E-state index >= 15 is 0 Å². The number of hydrogen-bond donors (Lipinski definition) is 2. The normalized spacial score (nSPS) is 25.7. The Kier molecular flexibility index (Phi) is 5.78. The van der Waals surface area contributed by atoms with Crippen LogP contribution in [0.5, 0.6) is 0 Å². The van der Waals surface area contributed by atoms with E-state index in [9.17, 15) is 26.4 Å². The van der Waals surface area contributed by atoms with E-state index in [1.54, 1.807) is 12.1 Å². The number of amides is 1. The van der Waals surface area contributed by atoms with Crippen LogP contribution in [-0.4, -0.2) is 55.6 Å². The molecule has 1 amide bonds. The van der Waals surface area contributed by atoms with E-state index in [1.165, 1.54) is 11.0 Å². The van der Waals surface area contributed by atoms with Gasteiger partial charge in [-0.15, -0.1) is 0 Å². The van der Waals surface area contributed by atoms with Gasteiger partial charge in [0.15, 0.2) is 0 Å². The molecule has 4 rings (SSSR count). The van der Waals surface area contributed by atoms with E-state index in [4.69, 9.17) is 5.14 Å². The number of nitrogens with two attached hydrogens (primary N) is 1. The van der Waals surface area contributed by atoms with Crippen LogP contribution in [0.1, 0.15) is 31.7 Å². The smallest absolute Gasteiger partial charge is 0.344 e. The maximum Gasteiger partial charge on any atom is 0.405 e. The number of aromatic nitrogens is 1. The standard InChI is InChI=1S/C20H25F3N4O3S/c21-20(22,23)18-12-26(10-8-25-18)19(28)14-1-4-15(5-2-14)27-9-7-13-3-6-16(11-17(13)27)31(24,29)30/h3,6-7,9,11,14-15,18,25H,1-2,4-5,8,10,12H2,(H2,24,29,30). The Morgan fingerprint density at radius 1 is 1.13 bits per heavy atom. The van der Waals surface area contributed by atoms with Gasteiger partial charge in [0.2, 0.25) is 15.9 Å². The van der Waals surface area contributed by atoms with Crippen LogP contribution in [0.4, 0.5) is 13.2 Å². The Hall–Kier alpha value is -2.11. The van der Waals surface area contributed by atoms with Crippen molar-refractivity contribution in [3.05, 3.63) is 30.5 Å². The fourth-order valence-electron chi connectivity index (χ4n) is 4.65. The SMILES string of the molecule is NS(=O)(=O)c1ccc2ccn(C3CCC(C(=O)N4CCNC(C(F)(F)F)C4)CC3)c2c1. The monoisotopic (exact) mass is 458 g/mol.